The number of hydrogen-bond acceptors (Lipinski definition) is 6. The molecule has 1 aliphatic heterocycles. The number of pyridine rings is 3. The van der Waals surface area contributed by atoms with Crippen LogP contribution in [0, 0.1) is 18.6 Å². The van der Waals surface area contributed by atoms with Crippen molar-refractivity contribution in [3.8, 4) is 11.4 Å². The quantitative estimate of drug-likeness (QED) is 0.428. The Morgan fingerprint density at radius 2 is 1.91 bits per heavy atom. The Kier molecular flexibility index (Phi) is 6.06. The first-order chi connectivity index (χ1) is 16.5. The molecule has 5 rings (SSSR count). The molecule has 1 N–H and O–H groups in total. The highest BCUT2D eigenvalue weighted by molar-refractivity contribution is 5.98. The van der Waals surface area contributed by atoms with Gasteiger partial charge in [0.1, 0.15) is 17.5 Å². The van der Waals surface area contributed by atoms with Gasteiger partial charge in [0.25, 0.3) is 0 Å². The van der Waals surface area contributed by atoms with Crippen LogP contribution in [0.3, 0.4) is 0 Å². The first-order valence-corrected chi connectivity index (χ1v) is 11.3. The summed E-state index contributed by atoms with van der Waals surface area (Å²) in [5.74, 6) is -0.510. The standard InChI is InChI=1S/C26H25F2N5O/c1-3-17-15-30-23(33-8-10-34-11-9-33)14-21(17)31-26-16(2)25(20-6-4-5-7-29-20)32-22-13-18(27)12-19(28)24(22)26/h4-7,12-15H,3,8-11H2,1-2H3,(H,30,31,32). The molecule has 1 fully saturated rings. The van der Waals surface area contributed by atoms with Gasteiger partial charge >= 0.3 is 0 Å². The van der Waals surface area contributed by atoms with E-state index in [1.807, 2.05) is 44.3 Å². The lowest BCUT2D eigenvalue weighted by Crippen LogP contribution is -2.36. The van der Waals surface area contributed by atoms with Crippen molar-refractivity contribution in [1.82, 2.24) is 15.0 Å². The zero-order valence-electron chi connectivity index (χ0n) is 19.1. The van der Waals surface area contributed by atoms with Crippen LogP contribution >= 0.6 is 0 Å². The van der Waals surface area contributed by atoms with Gasteiger partial charge in [0.05, 0.1) is 41.2 Å². The molecule has 174 valence electrons. The summed E-state index contributed by atoms with van der Waals surface area (Å²) < 4.78 is 34.7. The van der Waals surface area contributed by atoms with E-state index >= 15 is 4.39 Å². The van der Waals surface area contributed by atoms with E-state index in [0.717, 1.165) is 48.2 Å². The molecule has 0 amide bonds. The number of benzene rings is 1. The second-order valence-electron chi connectivity index (χ2n) is 8.23. The predicted molar refractivity (Wildman–Crippen MR) is 130 cm³/mol. The fourth-order valence-electron chi connectivity index (χ4n) is 4.29. The number of ether oxygens (including phenoxy) is 1. The highest BCUT2D eigenvalue weighted by Gasteiger charge is 2.20. The van der Waals surface area contributed by atoms with Crippen molar-refractivity contribution in [2.24, 2.45) is 0 Å². The molecule has 1 saturated heterocycles. The number of aromatic nitrogens is 3. The van der Waals surface area contributed by atoms with Gasteiger partial charge in [-0.15, -0.1) is 0 Å². The van der Waals surface area contributed by atoms with Crippen LogP contribution in [0.25, 0.3) is 22.3 Å². The van der Waals surface area contributed by atoms with E-state index in [1.165, 1.54) is 6.07 Å². The Bertz CT molecular complexity index is 1340. The van der Waals surface area contributed by atoms with Crippen molar-refractivity contribution in [1.29, 1.82) is 0 Å². The lowest BCUT2D eigenvalue weighted by atomic mass is 10.0. The molecule has 1 aromatic carbocycles. The minimum atomic E-state index is -0.674. The highest BCUT2D eigenvalue weighted by Crippen LogP contribution is 2.37. The van der Waals surface area contributed by atoms with Crippen LogP contribution in [0.4, 0.5) is 26.0 Å². The van der Waals surface area contributed by atoms with Crippen molar-refractivity contribution in [2.45, 2.75) is 20.3 Å². The van der Waals surface area contributed by atoms with E-state index in [2.05, 4.69) is 25.2 Å². The van der Waals surface area contributed by atoms with Crippen molar-refractivity contribution in [3.05, 3.63) is 71.6 Å². The number of anilines is 3. The number of aryl methyl sites for hydroxylation is 1. The topological polar surface area (TPSA) is 63.2 Å². The van der Waals surface area contributed by atoms with Crippen LogP contribution in [0.1, 0.15) is 18.1 Å². The Balaban J connectivity index is 1.68. The number of nitrogens with one attached hydrogen (secondary N) is 1. The van der Waals surface area contributed by atoms with Crippen LogP contribution in [-0.2, 0) is 11.2 Å². The maximum Gasteiger partial charge on any atom is 0.137 e. The fourth-order valence-corrected chi connectivity index (χ4v) is 4.29. The smallest absolute Gasteiger partial charge is 0.137 e. The van der Waals surface area contributed by atoms with Gasteiger partial charge in [-0.1, -0.05) is 13.0 Å². The summed E-state index contributed by atoms with van der Waals surface area (Å²) in [5.41, 5.74) is 4.51. The molecule has 1 aliphatic rings. The SMILES string of the molecule is CCc1cnc(N2CCOCC2)cc1Nc1c(C)c(-c2ccccn2)nc2cc(F)cc(F)c12. The molecule has 0 radical (unpaired) electrons. The zero-order valence-corrected chi connectivity index (χ0v) is 19.1. The molecule has 0 saturated carbocycles. The fraction of sp³-hybridized carbons (Fsp3) is 0.269. The average molecular weight is 462 g/mol. The van der Waals surface area contributed by atoms with E-state index in [-0.39, 0.29) is 10.9 Å². The van der Waals surface area contributed by atoms with E-state index in [9.17, 15) is 4.39 Å². The number of hydrogen-bond donors (Lipinski definition) is 1. The van der Waals surface area contributed by atoms with E-state index in [4.69, 9.17) is 4.74 Å². The van der Waals surface area contributed by atoms with Crippen LogP contribution in [0.15, 0.2) is 48.8 Å². The number of morpholine rings is 1. The Morgan fingerprint density at radius 3 is 2.65 bits per heavy atom. The lowest BCUT2D eigenvalue weighted by Gasteiger charge is -2.28. The normalized spacial score (nSPS) is 13.9. The van der Waals surface area contributed by atoms with Gasteiger partial charge in [-0.2, -0.15) is 0 Å². The molecule has 0 atom stereocenters. The van der Waals surface area contributed by atoms with Crippen LogP contribution in [0.2, 0.25) is 0 Å². The molecule has 0 unspecified atom stereocenters. The monoisotopic (exact) mass is 461 g/mol. The van der Waals surface area contributed by atoms with Crippen LogP contribution in [-0.4, -0.2) is 41.3 Å². The summed E-state index contributed by atoms with van der Waals surface area (Å²) in [6.45, 7) is 6.73. The third kappa shape index (κ3) is 4.17. The summed E-state index contributed by atoms with van der Waals surface area (Å²) >= 11 is 0. The molecule has 0 aliphatic carbocycles. The zero-order chi connectivity index (χ0) is 23.7. The van der Waals surface area contributed by atoms with Gasteiger partial charge in [-0.25, -0.2) is 18.7 Å². The summed E-state index contributed by atoms with van der Waals surface area (Å²) in [5, 5.41) is 3.70. The summed E-state index contributed by atoms with van der Waals surface area (Å²) in [7, 11) is 0. The Labute approximate surface area is 196 Å². The number of fused-ring (bicyclic) bond motifs is 1. The number of rotatable bonds is 5. The molecular weight excluding hydrogens is 436 g/mol. The van der Waals surface area contributed by atoms with Crippen molar-refractivity contribution in [3.63, 3.8) is 0 Å². The summed E-state index contributed by atoms with van der Waals surface area (Å²) in [4.78, 5) is 15.8. The van der Waals surface area contributed by atoms with Gasteiger partial charge in [0, 0.05) is 54.9 Å². The minimum absolute atomic E-state index is 0.228. The lowest BCUT2D eigenvalue weighted by molar-refractivity contribution is 0.122. The van der Waals surface area contributed by atoms with E-state index in [0.29, 0.717) is 30.3 Å². The van der Waals surface area contributed by atoms with E-state index < -0.39 is 11.6 Å². The third-order valence-electron chi connectivity index (χ3n) is 6.10. The van der Waals surface area contributed by atoms with Crippen LogP contribution in [0.5, 0.6) is 0 Å². The first kappa shape index (κ1) is 22.2. The van der Waals surface area contributed by atoms with E-state index in [1.54, 1.807) is 6.20 Å². The predicted octanol–water partition coefficient (Wildman–Crippen LogP) is 5.42. The van der Waals surface area contributed by atoms with Gasteiger partial charge < -0.3 is 15.0 Å². The van der Waals surface area contributed by atoms with Crippen molar-refractivity contribution < 1.29 is 13.5 Å². The largest absolute Gasteiger partial charge is 0.378 e. The average Bonchev–Trinajstić information content (AvgIpc) is 2.86. The van der Waals surface area contributed by atoms with Crippen molar-refractivity contribution in [2.75, 3.05) is 36.5 Å². The molecule has 8 heteroatoms. The molecular formula is C26H25F2N5O. The molecule has 0 spiro atoms. The van der Waals surface area contributed by atoms with Gasteiger partial charge in [-0.05, 0) is 31.0 Å². The molecule has 3 aromatic heterocycles. The number of nitrogens with zero attached hydrogens (tertiary/aromatic N) is 4. The second-order valence-corrected chi connectivity index (χ2v) is 8.23. The Morgan fingerprint density at radius 1 is 1.09 bits per heavy atom. The molecule has 34 heavy (non-hydrogen) atoms. The second kappa shape index (κ2) is 9.30. The maximum absolute atomic E-state index is 15.1. The van der Waals surface area contributed by atoms with Gasteiger partial charge in [0.15, 0.2) is 0 Å². The summed E-state index contributed by atoms with van der Waals surface area (Å²) in [6.07, 6.45) is 4.26. The molecule has 0 bridgehead atoms. The maximum atomic E-state index is 15.1. The minimum Gasteiger partial charge on any atom is -0.378 e. The molecule has 4 heterocycles. The van der Waals surface area contributed by atoms with Gasteiger partial charge in [0.2, 0.25) is 0 Å². The number of halogens is 2. The third-order valence-corrected chi connectivity index (χ3v) is 6.10. The molecule has 4 aromatic rings. The first-order valence-electron chi connectivity index (χ1n) is 11.3. The van der Waals surface area contributed by atoms with Crippen LogP contribution < -0.4 is 10.2 Å². The molecule has 6 nitrogen and oxygen atoms in total. The summed E-state index contributed by atoms with van der Waals surface area (Å²) in [6, 6.07) is 9.64. The van der Waals surface area contributed by atoms with Gasteiger partial charge in [-0.3, -0.25) is 4.98 Å². The Hall–Kier alpha value is -3.65. The van der Waals surface area contributed by atoms with Crippen molar-refractivity contribution >= 4 is 28.1 Å². The highest BCUT2D eigenvalue weighted by atomic mass is 19.1.